The molecule has 0 unspecified atom stereocenters. The first-order valence-corrected chi connectivity index (χ1v) is 10.2. The summed E-state index contributed by atoms with van der Waals surface area (Å²) in [5.74, 6) is 2.15. The van der Waals surface area contributed by atoms with Crippen molar-refractivity contribution in [2.75, 3.05) is 46.2 Å². The molecule has 146 valence electrons. The van der Waals surface area contributed by atoms with Crippen molar-refractivity contribution in [3.05, 3.63) is 47.4 Å². The number of hydrogen-bond acceptors (Lipinski definition) is 6. The zero-order valence-corrected chi connectivity index (χ0v) is 16.8. The number of furan rings is 1. The molecule has 0 spiro atoms. The fourth-order valence-electron chi connectivity index (χ4n) is 3.20. The average molecular weight is 391 g/mol. The van der Waals surface area contributed by atoms with Gasteiger partial charge < -0.3 is 19.2 Å². The Bertz CT molecular complexity index is 771. The van der Waals surface area contributed by atoms with E-state index >= 15 is 0 Å². The molecule has 1 aromatic carbocycles. The summed E-state index contributed by atoms with van der Waals surface area (Å²) in [5.41, 5.74) is 0.534. The van der Waals surface area contributed by atoms with Crippen LogP contribution in [-0.4, -0.2) is 57.0 Å². The molecule has 0 bridgehead atoms. The van der Waals surface area contributed by atoms with E-state index < -0.39 is 0 Å². The highest BCUT2D eigenvalue weighted by Gasteiger charge is 2.26. The second-order valence-electron chi connectivity index (χ2n) is 6.39. The van der Waals surface area contributed by atoms with Crippen LogP contribution in [0.1, 0.15) is 27.9 Å². The van der Waals surface area contributed by atoms with Crippen molar-refractivity contribution in [1.29, 1.82) is 0 Å². The lowest BCUT2D eigenvalue weighted by Gasteiger charge is -2.33. The fraction of sp³-hybridized carbons (Fsp3) is 0.450. The van der Waals surface area contributed by atoms with Crippen molar-refractivity contribution in [2.24, 2.45) is 0 Å². The molecule has 1 fully saturated rings. The van der Waals surface area contributed by atoms with Crippen LogP contribution >= 0.6 is 11.8 Å². The number of thioether (sulfide) groups is 1. The van der Waals surface area contributed by atoms with E-state index in [9.17, 15) is 4.79 Å². The predicted molar refractivity (Wildman–Crippen MR) is 106 cm³/mol. The molecule has 1 saturated heterocycles. The number of aryl methyl sites for hydroxylation is 1. The van der Waals surface area contributed by atoms with Gasteiger partial charge in [-0.15, -0.1) is 11.8 Å². The SMILES string of the molecule is COc1cc(SC)ccc1C(=O)NC[C@@H](c1ccc(C)o1)N1CCOCC1. The van der Waals surface area contributed by atoms with E-state index in [1.165, 1.54) is 0 Å². The highest BCUT2D eigenvalue weighted by Crippen LogP contribution is 2.26. The summed E-state index contributed by atoms with van der Waals surface area (Å²) in [4.78, 5) is 16.1. The molecule has 0 saturated carbocycles. The number of methoxy groups -OCH3 is 1. The quantitative estimate of drug-likeness (QED) is 0.733. The maximum absolute atomic E-state index is 12.8. The third kappa shape index (κ3) is 4.86. The summed E-state index contributed by atoms with van der Waals surface area (Å²) in [5, 5.41) is 3.05. The van der Waals surface area contributed by atoms with E-state index in [1.54, 1.807) is 24.9 Å². The summed E-state index contributed by atoms with van der Waals surface area (Å²) in [6.07, 6.45) is 1.99. The number of carbonyl (C=O) groups is 1. The number of carbonyl (C=O) groups excluding carboxylic acids is 1. The van der Waals surface area contributed by atoms with Crippen LogP contribution in [0.25, 0.3) is 0 Å². The molecule has 3 rings (SSSR count). The van der Waals surface area contributed by atoms with Gasteiger partial charge in [0.1, 0.15) is 17.3 Å². The minimum Gasteiger partial charge on any atom is -0.496 e. The first-order valence-electron chi connectivity index (χ1n) is 9.00. The largest absolute Gasteiger partial charge is 0.496 e. The van der Waals surface area contributed by atoms with Gasteiger partial charge in [-0.25, -0.2) is 0 Å². The normalized spacial score (nSPS) is 16.1. The Morgan fingerprint density at radius 3 is 2.70 bits per heavy atom. The van der Waals surface area contributed by atoms with Gasteiger partial charge in [-0.1, -0.05) is 0 Å². The number of amides is 1. The fourth-order valence-corrected chi connectivity index (χ4v) is 3.63. The highest BCUT2D eigenvalue weighted by molar-refractivity contribution is 7.98. The van der Waals surface area contributed by atoms with Crippen molar-refractivity contribution in [2.45, 2.75) is 17.9 Å². The number of morpholine rings is 1. The van der Waals surface area contributed by atoms with Gasteiger partial charge in [0.2, 0.25) is 0 Å². The Hall–Kier alpha value is -1.96. The van der Waals surface area contributed by atoms with Gasteiger partial charge in [0.25, 0.3) is 5.91 Å². The van der Waals surface area contributed by atoms with E-state index in [2.05, 4.69) is 10.2 Å². The third-order valence-electron chi connectivity index (χ3n) is 4.69. The van der Waals surface area contributed by atoms with E-state index in [4.69, 9.17) is 13.9 Å². The maximum Gasteiger partial charge on any atom is 0.255 e. The number of ether oxygens (including phenoxy) is 2. The van der Waals surface area contributed by atoms with Gasteiger partial charge in [-0.3, -0.25) is 9.69 Å². The third-order valence-corrected chi connectivity index (χ3v) is 5.41. The Morgan fingerprint density at radius 1 is 1.30 bits per heavy atom. The molecule has 0 aliphatic carbocycles. The Labute approximate surface area is 164 Å². The van der Waals surface area contributed by atoms with Crippen molar-refractivity contribution >= 4 is 17.7 Å². The van der Waals surface area contributed by atoms with Crippen LogP contribution in [0.3, 0.4) is 0 Å². The molecule has 27 heavy (non-hydrogen) atoms. The van der Waals surface area contributed by atoms with Gasteiger partial charge in [-0.05, 0) is 43.5 Å². The lowest BCUT2D eigenvalue weighted by molar-refractivity contribution is 0.0117. The topological polar surface area (TPSA) is 63.9 Å². The number of hydrogen-bond donors (Lipinski definition) is 1. The van der Waals surface area contributed by atoms with E-state index in [-0.39, 0.29) is 11.9 Å². The van der Waals surface area contributed by atoms with Crippen LogP contribution < -0.4 is 10.1 Å². The second-order valence-corrected chi connectivity index (χ2v) is 7.27. The minimum atomic E-state index is -0.152. The average Bonchev–Trinajstić information content (AvgIpc) is 3.14. The highest BCUT2D eigenvalue weighted by atomic mass is 32.2. The summed E-state index contributed by atoms with van der Waals surface area (Å²) in [7, 11) is 1.58. The van der Waals surface area contributed by atoms with E-state index in [0.717, 1.165) is 29.5 Å². The minimum absolute atomic E-state index is 0.0250. The van der Waals surface area contributed by atoms with Crippen molar-refractivity contribution in [3.63, 3.8) is 0 Å². The summed E-state index contributed by atoms with van der Waals surface area (Å²) in [6, 6.07) is 9.53. The van der Waals surface area contributed by atoms with Gasteiger partial charge >= 0.3 is 0 Å². The summed E-state index contributed by atoms with van der Waals surface area (Å²) >= 11 is 1.61. The first-order chi connectivity index (χ1) is 13.1. The van der Waals surface area contributed by atoms with Crippen LogP contribution in [0.4, 0.5) is 0 Å². The van der Waals surface area contributed by atoms with E-state index in [1.807, 2.05) is 37.4 Å². The summed E-state index contributed by atoms with van der Waals surface area (Å²) < 4.78 is 16.7. The predicted octanol–water partition coefficient (Wildman–Crippen LogP) is 3.12. The van der Waals surface area contributed by atoms with Gasteiger partial charge in [0.15, 0.2) is 0 Å². The molecule has 1 N–H and O–H groups in total. The molecule has 0 radical (unpaired) electrons. The standard InChI is InChI=1S/C20H26N2O4S/c1-14-4-7-18(26-14)17(22-8-10-25-11-9-22)13-21-20(23)16-6-5-15(27-3)12-19(16)24-2/h4-7,12,17H,8-11,13H2,1-3H3,(H,21,23)/t17-/m0/s1. The molecular weight excluding hydrogens is 364 g/mol. The molecule has 7 heteroatoms. The zero-order chi connectivity index (χ0) is 19.2. The van der Waals surface area contributed by atoms with Gasteiger partial charge in [0, 0.05) is 24.5 Å². The number of rotatable bonds is 7. The maximum atomic E-state index is 12.8. The van der Waals surface area contributed by atoms with Crippen molar-refractivity contribution in [3.8, 4) is 5.75 Å². The lowest BCUT2D eigenvalue weighted by Crippen LogP contribution is -2.43. The number of benzene rings is 1. The molecule has 1 aliphatic heterocycles. The molecule has 2 aromatic rings. The Balaban J connectivity index is 1.74. The smallest absolute Gasteiger partial charge is 0.255 e. The van der Waals surface area contributed by atoms with Crippen LogP contribution in [0.15, 0.2) is 39.6 Å². The molecular formula is C20H26N2O4S. The number of nitrogens with one attached hydrogen (secondary N) is 1. The molecule has 6 nitrogen and oxygen atoms in total. The zero-order valence-electron chi connectivity index (χ0n) is 16.0. The van der Waals surface area contributed by atoms with Gasteiger partial charge in [0.05, 0.1) is 31.9 Å². The van der Waals surface area contributed by atoms with Crippen LogP contribution in [0.2, 0.25) is 0 Å². The second kappa shape index (κ2) is 9.30. The van der Waals surface area contributed by atoms with Crippen LogP contribution in [0.5, 0.6) is 5.75 Å². The lowest BCUT2D eigenvalue weighted by atomic mass is 10.1. The van der Waals surface area contributed by atoms with E-state index in [0.29, 0.717) is 31.1 Å². The molecule has 1 aromatic heterocycles. The Kier molecular flexibility index (Phi) is 6.82. The first kappa shape index (κ1) is 19.8. The summed E-state index contributed by atoms with van der Waals surface area (Å²) in [6.45, 7) is 5.39. The van der Waals surface area contributed by atoms with Crippen molar-refractivity contribution < 1.29 is 18.7 Å². The Morgan fingerprint density at radius 2 is 2.07 bits per heavy atom. The molecule has 1 aliphatic rings. The monoisotopic (exact) mass is 390 g/mol. The molecule has 1 atom stereocenters. The molecule has 2 heterocycles. The van der Waals surface area contributed by atoms with Crippen LogP contribution in [-0.2, 0) is 4.74 Å². The molecule has 1 amide bonds. The van der Waals surface area contributed by atoms with Gasteiger partial charge in [-0.2, -0.15) is 0 Å². The van der Waals surface area contributed by atoms with Crippen LogP contribution in [0, 0.1) is 6.92 Å². The van der Waals surface area contributed by atoms with Crippen molar-refractivity contribution in [1.82, 2.24) is 10.2 Å². The number of nitrogens with zero attached hydrogens (tertiary/aromatic N) is 1.